The third kappa shape index (κ3) is 5.98. The number of thioether (sulfide) groups is 1. The maximum atomic E-state index is 12.1. The molecule has 0 aliphatic carbocycles. The molecule has 28 heavy (non-hydrogen) atoms. The van der Waals surface area contributed by atoms with Gasteiger partial charge in [-0.2, -0.15) is 0 Å². The van der Waals surface area contributed by atoms with Gasteiger partial charge in [-0.3, -0.25) is 9.59 Å². The van der Waals surface area contributed by atoms with E-state index in [0.29, 0.717) is 11.1 Å². The molecule has 152 valence electrons. The normalized spacial score (nSPS) is 10.8. The van der Waals surface area contributed by atoms with Crippen LogP contribution < -0.4 is 10.1 Å². The molecule has 0 spiro atoms. The monoisotopic (exact) mass is 405 g/mol. The number of nitrogens with zero attached hydrogens (tertiary/aromatic N) is 4. The van der Waals surface area contributed by atoms with E-state index >= 15 is 0 Å². The fourth-order valence-electron chi connectivity index (χ4n) is 2.39. The molecule has 0 unspecified atom stereocenters. The smallest absolute Gasteiger partial charge is 0.241 e. The highest BCUT2D eigenvalue weighted by Gasteiger charge is 2.17. The molecule has 2 amide bonds. The van der Waals surface area contributed by atoms with E-state index in [1.54, 1.807) is 21.2 Å². The minimum absolute atomic E-state index is 0.0117. The Hall–Kier alpha value is -2.55. The lowest BCUT2D eigenvalue weighted by Gasteiger charge is -2.13. The molecule has 0 aliphatic rings. The number of aromatic nitrogens is 3. The zero-order chi connectivity index (χ0) is 20.7. The number of hydrogen-bond donors (Lipinski definition) is 1. The molecule has 9 heteroatoms. The number of ether oxygens (including phenoxy) is 1. The number of carbonyl (C=O) groups excluding carboxylic acids is 2. The molecule has 0 saturated heterocycles. The number of hydrogen-bond acceptors (Lipinski definition) is 6. The second kappa shape index (κ2) is 10.1. The van der Waals surface area contributed by atoms with Gasteiger partial charge in [-0.15, -0.1) is 10.2 Å². The van der Waals surface area contributed by atoms with E-state index in [1.807, 2.05) is 28.8 Å². The number of benzene rings is 1. The fourth-order valence-corrected chi connectivity index (χ4v) is 3.17. The highest BCUT2D eigenvalue weighted by Crippen LogP contribution is 2.26. The van der Waals surface area contributed by atoms with Crippen LogP contribution in [0.25, 0.3) is 11.4 Å². The largest absolute Gasteiger partial charge is 0.497 e. The molecule has 1 aromatic heterocycles. The quantitative estimate of drug-likeness (QED) is 0.641. The van der Waals surface area contributed by atoms with Crippen molar-refractivity contribution in [1.82, 2.24) is 25.0 Å². The first-order chi connectivity index (χ1) is 13.3. The first-order valence-corrected chi connectivity index (χ1v) is 9.97. The lowest BCUT2D eigenvalue weighted by Crippen LogP contribution is -2.37. The predicted molar refractivity (Wildman–Crippen MR) is 109 cm³/mol. The number of likely N-dealkylation sites (N-methyl/N-ethyl adjacent to an activating group) is 1. The van der Waals surface area contributed by atoms with E-state index in [9.17, 15) is 9.59 Å². The third-order valence-corrected chi connectivity index (χ3v) is 4.85. The molecule has 0 fully saturated rings. The van der Waals surface area contributed by atoms with Crippen LogP contribution in [-0.4, -0.2) is 65.0 Å². The van der Waals surface area contributed by atoms with Crippen LogP contribution in [0, 0.1) is 5.92 Å². The summed E-state index contributed by atoms with van der Waals surface area (Å²) in [6.45, 7) is 4.96. The number of nitrogens with one attached hydrogen (secondary N) is 1. The Kier molecular flexibility index (Phi) is 7.86. The number of methoxy groups -OCH3 is 1. The lowest BCUT2D eigenvalue weighted by atomic mass is 10.2. The molecule has 1 aromatic carbocycles. The molecule has 0 bridgehead atoms. The summed E-state index contributed by atoms with van der Waals surface area (Å²) < 4.78 is 7.23. The fraction of sp³-hybridized carbons (Fsp3) is 0.474. The first kappa shape index (κ1) is 21.7. The summed E-state index contributed by atoms with van der Waals surface area (Å²) >= 11 is 1.31. The Labute approximate surface area is 169 Å². The summed E-state index contributed by atoms with van der Waals surface area (Å²) in [5.74, 6) is 1.71. The van der Waals surface area contributed by atoms with Crippen molar-refractivity contribution in [1.29, 1.82) is 0 Å². The predicted octanol–water partition coefficient (Wildman–Crippen LogP) is 1.91. The summed E-state index contributed by atoms with van der Waals surface area (Å²) in [7, 11) is 4.93. The van der Waals surface area contributed by atoms with Crippen molar-refractivity contribution in [2.24, 2.45) is 5.92 Å². The Bertz CT molecular complexity index is 802. The average molecular weight is 406 g/mol. The van der Waals surface area contributed by atoms with Gasteiger partial charge in [0.05, 0.1) is 19.4 Å². The summed E-state index contributed by atoms with van der Waals surface area (Å²) in [4.78, 5) is 25.1. The van der Waals surface area contributed by atoms with Gasteiger partial charge in [0.15, 0.2) is 11.0 Å². The third-order valence-electron chi connectivity index (χ3n) is 3.88. The van der Waals surface area contributed by atoms with E-state index in [-0.39, 0.29) is 24.1 Å². The van der Waals surface area contributed by atoms with Crippen molar-refractivity contribution in [2.45, 2.75) is 25.5 Å². The molecule has 8 nitrogen and oxygen atoms in total. The van der Waals surface area contributed by atoms with Crippen molar-refractivity contribution < 1.29 is 14.3 Å². The summed E-state index contributed by atoms with van der Waals surface area (Å²) in [5.41, 5.74) is 0.932. The molecule has 0 atom stereocenters. The first-order valence-electron chi connectivity index (χ1n) is 8.99. The van der Waals surface area contributed by atoms with Crippen molar-refractivity contribution in [3.63, 3.8) is 0 Å². The van der Waals surface area contributed by atoms with Crippen LogP contribution >= 0.6 is 11.8 Å². The minimum Gasteiger partial charge on any atom is -0.497 e. The maximum Gasteiger partial charge on any atom is 0.241 e. The molecular formula is C19H27N5O3S. The summed E-state index contributed by atoms with van der Waals surface area (Å²) in [6.07, 6.45) is 0. The van der Waals surface area contributed by atoms with Crippen LogP contribution in [0.5, 0.6) is 5.75 Å². The van der Waals surface area contributed by atoms with Gasteiger partial charge in [0.2, 0.25) is 11.8 Å². The zero-order valence-corrected chi connectivity index (χ0v) is 17.7. The van der Waals surface area contributed by atoms with E-state index < -0.39 is 0 Å². The summed E-state index contributed by atoms with van der Waals surface area (Å²) in [6, 6.07) is 7.64. The standard InChI is InChI=1S/C19H27N5O3S/c1-13(2)11-24-18(14-6-8-15(27-5)9-7-14)21-22-19(24)28-12-16(25)20-10-17(26)23(3)4/h6-9,13H,10-12H2,1-5H3,(H,20,25). The van der Waals surface area contributed by atoms with Crippen molar-refractivity contribution in [2.75, 3.05) is 33.5 Å². The van der Waals surface area contributed by atoms with Crippen molar-refractivity contribution >= 4 is 23.6 Å². The van der Waals surface area contributed by atoms with E-state index in [0.717, 1.165) is 23.7 Å². The van der Waals surface area contributed by atoms with E-state index in [1.165, 1.54) is 16.7 Å². The molecule has 0 radical (unpaired) electrons. The lowest BCUT2D eigenvalue weighted by molar-refractivity contribution is -0.130. The number of amides is 2. The van der Waals surface area contributed by atoms with Gasteiger partial charge in [0, 0.05) is 26.2 Å². The van der Waals surface area contributed by atoms with Crippen LogP contribution in [0.3, 0.4) is 0 Å². The van der Waals surface area contributed by atoms with Crippen LogP contribution in [0.2, 0.25) is 0 Å². The highest BCUT2D eigenvalue weighted by atomic mass is 32.2. The zero-order valence-electron chi connectivity index (χ0n) is 16.9. The molecule has 0 aliphatic heterocycles. The van der Waals surface area contributed by atoms with Gasteiger partial charge in [-0.1, -0.05) is 25.6 Å². The molecule has 1 heterocycles. The molecule has 0 saturated carbocycles. The number of carbonyl (C=O) groups is 2. The van der Waals surface area contributed by atoms with Gasteiger partial charge in [0.1, 0.15) is 5.75 Å². The van der Waals surface area contributed by atoms with Gasteiger partial charge in [0.25, 0.3) is 0 Å². The molecule has 2 aromatic rings. The van der Waals surface area contributed by atoms with Gasteiger partial charge < -0.3 is 19.5 Å². The maximum absolute atomic E-state index is 12.1. The topological polar surface area (TPSA) is 89.3 Å². The van der Waals surface area contributed by atoms with Gasteiger partial charge in [-0.05, 0) is 30.2 Å². The van der Waals surface area contributed by atoms with E-state index in [2.05, 4.69) is 29.4 Å². The average Bonchev–Trinajstić information content (AvgIpc) is 3.06. The van der Waals surface area contributed by atoms with Gasteiger partial charge in [-0.25, -0.2) is 0 Å². The van der Waals surface area contributed by atoms with E-state index in [4.69, 9.17) is 4.74 Å². The Morgan fingerprint density at radius 1 is 1.21 bits per heavy atom. The Balaban J connectivity index is 2.10. The van der Waals surface area contributed by atoms with Crippen LogP contribution in [0.15, 0.2) is 29.4 Å². The van der Waals surface area contributed by atoms with Crippen molar-refractivity contribution in [3.05, 3.63) is 24.3 Å². The second-order valence-corrected chi connectivity index (χ2v) is 7.84. The van der Waals surface area contributed by atoms with Crippen LogP contribution in [0.4, 0.5) is 0 Å². The van der Waals surface area contributed by atoms with Crippen LogP contribution in [-0.2, 0) is 16.1 Å². The number of rotatable bonds is 9. The molecule has 1 N–H and O–H groups in total. The molecule has 2 rings (SSSR count). The highest BCUT2D eigenvalue weighted by molar-refractivity contribution is 7.99. The van der Waals surface area contributed by atoms with Crippen LogP contribution in [0.1, 0.15) is 13.8 Å². The second-order valence-electron chi connectivity index (χ2n) is 6.89. The molecular weight excluding hydrogens is 378 g/mol. The Morgan fingerprint density at radius 3 is 2.46 bits per heavy atom. The summed E-state index contributed by atoms with van der Waals surface area (Å²) in [5, 5.41) is 11.9. The SMILES string of the molecule is COc1ccc(-c2nnc(SCC(=O)NCC(=O)N(C)C)n2CC(C)C)cc1. The van der Waals surface area contributed by atoms with Crippen molar-refractivity contribution in [3.8, 4) is 17.1 Å². The van der Waals surface area contributed by atoms with Gasteiger partial charge >= 0.3 is 0 Å². The minimum atomic E-state index is -0.217. The Morgan fingerprint density at radius 2 is 1.89 bits per heavy atom.